The first-order chi connectivity index (χ1) is 9.63. The van der Waals surface area contributed by atoms with Gasteiger partial charge >= 0.3 is 0 Å². The second-order valence-corrected chi connectivity index (χ2v) is 6.10. The monoisotopic (exact) mass is 340 g/mol. The highest BCUT2D eigenvalue weighted by Gasteiger charge is 2.26. The van der Waals surface area contributed by atoms with Crippen molar-refractivity contribution in [2.75, 3.05) is 33.8 Å². The topological polar surface area (TPSA) is 41.6 Å². The van der Waals surface area contributed by atoms with Crippen LogP contribution < -0.4 is 10.1 Å². The smallest absolute Gasteiger partial charge is 0.227 e. The van der Waals surface area contributed by atoms with Gasteiger partial charge in [0, 0.05) is 23.1 Å². The highest BCUT2D eigenvalue weighted by atomic mass is 79.9. The van der Waals surface area contributed by atoms with Crippen molar-refractivity contribution < 1.29 is 9.53 Å². The molecule has 1 unspecified atom stereocenters. The lowest BCUT2D eigenvalue weighted by Gasteiger charge is -2.17. The molecule has 2 rings (SSSR count). The van der Waals surface area contributed by atoms with Crippen LogP contribution in [0.5, 0.6) is 5.75 Å². The SMILES string of the molecule is CNCC1CCN(C(=O)Cc2cc(Br)ccc2OC)C1. The minimum absolute atomic E-state index is 0.181. The van der Waals surface area contributed by atoms with Gasteiger partial charge in [-0.2, -0.15) is 0 Å². The Morgan fingerprint density at radius 2 is 2.35 bits per heavy atom. The zero-order valence-corrected chi connectivity index (χ0v) is 13.6. The fourth-order valence-corrected chi connectivity index (χ4v) is 3.08. The maximum atomic E-state index is 12.4. The number of likely N-dealkylation sites (tertiary alicyclic amines) is 1. The van der Waals surface area contributed by atoms with Gasteiger partial charge in [-0.25, -0.2) is 0 Å². The lowest BCUT2D eigenvalue weighted by Crippen LogP contribution is -2.31. The number of ether oxygens (including phenoxy) is 1. The third-order valence-electron chi connectivity index (χ3n) is 3.72. The molecule has 1 saturated heterocycles. The first-order valence-electron chi connectivity index (χ1n) is 6.88. The molecule has 1 heterocycles. The lowest BCUT2D eigenvalue weighted by molar-refractivity contribution is -0.129. The largest absolute Gasteiger partial charge is 0.496 e. The number of nitrogens with one attached hydrogen (secondary N) is 1. The van der Waals surface area contributed by atoms with E-state index in [0.717, 1.165) is 41.8 Å². The Bertz CT molecular complexity index is 479. The fourth-order valence-electron chi connectivity index (χ4n) is 2.67. The van der Waals surface area contributed by atoms with Gasteiger partial charge in [0.05, 0.1) is 13.5 Å². The molecular weight excluding hydrogens is 320 g/mol. The van der Waals surface area contributed by atoms with E-state index in [-0.39, 0.29) is 5.91 Å². The average molecular weight is 341 g/mol. The van der Waals surface area contributed by atoms with Crippen molar-refractivity contribution >= 4 is 21.8 Å². The Morgan fingerprint density at radius 3 is 3.05 bits per heavy atom. The van der Waals surface area contributed by atoms with Gasteiger partial charge in [0.25, 0.3) is 0 Å². The minimum Gasteiger partial charge on any atom is -0.496 e. The highest BCUT2D eigenvalue weighted by molar-refractivity contribution is 9.10. The standard InChI is InChI=1S/C15H21BrN2O2/c1-17-9-11-5-6-18(10-11)15(19)8-12-7-13(16)3-4-14(12)20-2/h3-4,7,11,17H,5-6,8-10H2,1-2H3. The molecule has 0 radical (unpaired) electrons. The van der Waals surface area contributed by atoms with Crippen molar-refractivity contribution in [3.05, 3.63) is 28.2 Å². The summed E-state index contributed by atoms with van der Waals surface area (Å²) < 4.78 is 6.29. The second-order valence-electron chi connectivity index (χ2n) is 5.19. The zero-order chi connectivity index (χ0) is 14.5. The summed E-state index contributed by atoms with van der Waals surface area (Å²) in [7, 11) is 3.59. The molecule has 0 spiro atoms. The Hall–Kier alpha value is -1.07. The molecule has 1 N–H and O–H groups in total. The van der Waals surface area contributed by atoms with Crippen LogP contribution in [0.4, 0.5) is 0 Å². The molecule has 0 saturated carbocycles. The third kappa shape index (κ3) is 3.73. The van der Waals surface area contributed by atoms with Crippen LogP contribution in [0.15, 0.2) is 22.7 Å². The van der Waals surface area contributed by atoms with E-state index in [9.17, 15) is 4.79 Å². The van der Waals surface area contributed by atoms with E-state index in [1.54, 1.807) is 7.11 Å². The summed E-state index contributed by atoms with van der Waals surface area (Å²) in [5, 5.41) is 3.18. The first-order valence-corrected chi connectivity index (χ1v) is 7.68. The van der Waals surface area contributed by atoms with Gasteiger partial charge in [-0.1, -0.05) is 15.9 Å². The summed E-state index contributed by atoms with van der Waals surface area (Å²) >= 11 is 3.44. The summed E-state index contributed by atoms with van der Waals surface area (Å²) in [4.78, 5) is 14.3. The van der Waals surface area contributed by atoms with Gasteiger partial charge in [-0.15, -0.1) is 0 Å². The molecule has 0 bridgehead atoms. The Kier molecular flexibility index (Phi) is 5.43. The molecule has 1 fully saturated rings. The Labute approximate surface area is 128 Å². The summed E-state index contributed by atoms with van der Waals surface area (Å²) in [6.45, 7) is 2.70. The second kappa shape index (κ2) is 7.09. The normalized spacial score (nSPS) is 18.4. The van der Waals surface area contributed by atoms with Gasteiger partial charge < -0.3 is 15.0 Å². The number of nitrogens with zero attached hydrogens (tertiary/aromatic N) is 1. The molecule has 0 aliphatic carbocycles. The molecule has 5 heteroatoms. The number of carbonyl (C=O) groups is 1. The molecule has 20 heavy (non-hydrogen) atoms. The van der Waals surface area contributed by atoms with Crippen LogP contribution in [0.1, 0.15) is 12.0 Å². The number of methoxy groups -OCH3 is 1. The van der Waals surface area contributed by atoms with E-state index < -0.39 is 0 Å². The van der Waals surface area contributed by atoms with Crippen molar-refractivity contribution in [2.24, 2.45) is 5.92 Å². The summed E-state index contributed by atoms with van der Waals surface area (Å²) in [6, 6.07) is 5.77. The molecule has 1 amide bonds. The quantitative estimate of drug-likeness (QED) is 0.892. The fraction of sp³-hybridized carbons (Fsp3) is 0.533. The molecule has 0 aromatic heterocycles. The summed E-state index contributed by atoms with van der Waals surface area (Å²) in [5.41, 5.74) is 0.934. The molecule has 1 aliphatic rings. The maximum Gasteiger partial charge on any atom is 0.227 e. The number of amides is 1. The van der Waals surface area contributed by atoms with Crippen LogP contribution in [0.25, 0.3) is 0 Å². The Balaban J connectivity index is 2.00. The van der Waals surface area contributed by atoms with Crippen LogP contribution in [-0.2, 0) is 11.2 Å². The van der Waals surface area contributed by atoms with Gasteiger partial charge in [0.15, 0.2) is 0 Å². The summed E-state index contributed by atoms with van der Waals surface area (Å²) in [6.07, 6.45) is 1.48. The van der Waals surface area contributed by atoms with Crippen LogP contribution >= 0.6 is 15.9 Å². The highest BCUT2D eigenvalue weighted by Crippen LogP contribution is 2.25. The third-order valence-corrected chi connectivity index (χ3v) is 4.21. The average Bonchev–Trinajstić information content (AvgIpc) is 2.88. The van der Waals surface area contributed by atoms with Crippen molar-refractivity contribution in [3.8, 4) is 5.75 Å². The Morgan fingerprint density at radius 1 is 1.55 bits per heavy atom. The van der Waals surface area contributed by atoms with E-state index in [4.69, 9.17) is 4.74 Å². The predicted octanol–water partition coefficient (Wildman–Crippen LogP) is 2.07. The first kappa shape index (κ1) is 15.3. The van der Waals surface area contributed by atoms with Crippen molar-refractivity contribution in [1.82, 2.24) is 10.2 Å². The minimum atomic E-state index is 0.181. The van der Waals surface area contributed by atoms with E-state index in [1.165, 1.54) is 0 Å². The van der Waals surface area contributed by atoms with Gasteiger partial charge in [0.2, 0.25) is 5.91 Å². The molecule has 1 aliphatic heterocycles. The molecular formula is C15H21BrN2O2. The van der Waals surface area contributed by atoms with Crippen LogP contribution in [0.2, 0.25) is 0 Å². The van der Waals surface area contributed by atoms with Crippen LogP contribution in [-0.4, -0.2) is 44.6 Å². The number of carbonyl (C=O) groups excluding carboxylic acids is 1. The number of halogens is 1. The molecule has 1 aromatic carbocycles. The van der Waals surface area contributed by atoms with Crippen molar-refractivity contribution in [3.63, 3.8) is 0 Å². The van der Waals surface area contributed by atoms with Gasteiger partial charge in [0.1, 0.15) is 5.75 Å². The van der Waals surface area contributed by atoms with Crippen molar-refractivity contribution in [1.29, 1.82) is 0 Å². The van der Waals surface area contributed by atoms with Gasteiger partial charge in [-0.05, 0) is 44.1 Å². The van der Waals surface area contributed by atoms with E-state index in [1.807, 2.05) is 30.1 Å². The zero-order valence-electron chi connectivity index (χ0n) is 12.0. The van der Waals surface area contributed by atoms with E-state index in [0.29, 0.717) is 12.3 Å². The molecule has 1 atom stereocenters. The number of hydrogen-bond donors (Lipinski definition) is 1. The van der Waals surface area contributed by atoms with Crippen molar-refractivity contribution in [2.45, 2.75) is 12.8 Å². The van der Waals surface area contributed by atoms with Gasteiger partial charge in [-0.3, -0.25) is 4.79 Å². The molecule has 4 nitrogen and oxygen atoms in total. The summed E-state index contributed by atoms with van der Waals surface area (Å²) in [5.74, 6) is 1.53. The van der Waals surface area contributed by atoms with E-state index >= 15 is 0 Å². The lowest BCUT2D eigenvalue weighted by atomic mass is 10.1. The number of rotatable bonds is 5. The van der Waals surface area contributed by atoms with Crippen LogP contribution in [0, 0.1) is 5.92 Å². The van der Waals surface area contributed by atoms with Crippen LogP contribution in [0.3, 0.4) is 0 Å². The maximum absolute atomic E-state index is 12.4. The van der Waals surface area contributed by atoms with E-state index in [2.05, 4.69) is 21.2 Å². The molecule has 1 aromatic rings. The predicted molar refractivity (Wildman–Crippen MR) is 83.0 cm³/mol. The molecule has 110 valence electrons. The number of benzene rings is 1. The number of hydrogen-bond acceptors (Lipinski definition) is 3.